The van der Waals surface area contributed by atoms with Crippen molar-refractivity contribution >= 4 is 28.5 Å². The summed E-state index contributed by atoms with van der Waals surface area (Å²) in [6.07, 6.45) is 1.08. The third kappa shape index (κ3) is 2.41. The number of carboxylic acids is 1. The lowest BCUT2D eigenvalue weighted by atomic mass is 10.1. The number of nitrogens with zero attached hydrogens (tertiary/aromatic N) is 3. The predicted octanol–water partition coefficient (Wildman–Crippen LogP) is 2.84. The molecule has 0 radical (unpaired) electrons. The van der Waals surface area contributed by atoms with Crippen LogP contribution in [0.25, 0.3) is 16.7 Å². The fourth-order valence-corrected chi connectivity index (χ4v) is 3.11. The number of rotatable bonds is 4. The quantitative estimate of drug-likeness (QED) is 0.542. The smallest absolute Gasteiger partial charge is 0.340 e. The van der Waals surface area contributed by atoms with Gasteiger partial charge in [-0.2, -0.15) is 0 Å². The first-order valence-electron chi connectivity index (χ1n) is 7.60. The number of aryl methyl sites for hydroxylation is 1. The Morgan fingerprint density at radius 3 is 2.65 bits per heavy atom. The standard InChI is InChI=1S/C17H16N4O5/c1-8-4-5-12(26-3)9(2)14(8)20-15(18)13(17(22)23)11-6-10(21(24)25)7-19-16(11)20/h4-7H,18H2,1-3H3,(H,22,23). The minimum atomic E-state index is -1.29. The summed E-state index contributed by atoms with van der Waals surface area (Å²) in [6.45, 7) is 3.66. The molecule has 3 rings (SSSR count). The van der Waals surface area contributed by atoms with Crippen LogP contribution in [0.1, 0.15) is 21.5 Å². The van der Waals surface area contributed by atoms with Gasteiger partial charge in [0.15, 0.2) is 0 Å². The van der Waals surface area contributed by atoms with Gasteiger partial charge in [0.1, 0.15) is 29.0 Å². The summed E-state index contributed by atoms with van der Waals surface area (Å²) in [6, 6.07) is 4.79. The molecule has 2 heterocycles. The van der Waals surface area contributed by atoms with Gasteiger partial charge in [0.25, 0.3) is 5.69 Å². The zero-order valence-corrected chi connectivity index (χ0v) is 14.3. The number of fused-ring (bicyclic) bond motifs is 1. The van der Waals surface area contributed by atoms with Crippen LogP contribution in [0.15, 0.2) is 24.4 Å². The second kappa shape index (κ2) is 6.03. The first-order chi connectivity index (χ1) is 12.3. The minimum absolute atomic E-state index is 0.0556. The van der Waals surface area contributed by atoms with E-state index in [1.165, 1.54) is 17.7 Å². The highest BCUT2D eigenvalue weighted by atomic mass is 16.6. The summed E-state index contributed by atoms with van der Waals surface area (Å²) in [5, 5.41) is 20.7. The van der Waals surface area contributed by atoms with E-state index in [1.807, 2.05) is 19.9 Å². The van der Waals surface area contributed by atoms with Crippen molar-refractivity contribution in [3.05, 3.63) is 51.2 Å². The second-order valence-corrected chi connectivity index (χ2v) is 5.78. The summed E-state index contributed by atoms with van der Waals surface area (Å²) < 4.78 is 6.83. The number of aromatic carboxylic acids is 1. The van der Waals surface area contributed by atoms with E-state index in [0.717, 1.165) is 17.3 Å². The van der Waals surface area contributed by atoms with E-state index in [2.05, 4.69) is 4.98 Å². The van der Waals surface area contributed by atoms with Crippen molar-refractivity contribution in [2.24, 2.45) is 0 Å². The molecule has 9 nitrogen and oxygen atoms in total. The van der Waals surface area contributed by atoms with Crippen LogP contribution >= 0.6 is 0 Å². The molecule has 2 aromatic heterocycles. The summed E-state index contributed by atoms with van der Waals surface area (Å²) in [5.74, 6) is -0.739. The zero-order valence-electron chi connectivity index (χ0n) is 14.3. The Morgan fingerprint density at radius 2 is 2.08 bits per heavy atom. The van der Waals surface area contributed by atoms with Gasteiger partial charge in [-0.05, 0) is 25.5 Å². The average molecular weight is 356 g/mol. The number of carbonyl (C=O) groups is 1. The molecule has 0 saturated heterocycles. The number of nitrogen functional groups attached to an aromatic ring is 1. The monoisotopic (exact) mass is 356 g/mol. The van der Waals surface area contributed by atoms with Crippen molar-refractivity contribution in [3.63, 3.8) is 0 Å². The van der Waals surface area contributed by atoms with Crippen molar-refractivity contribution in [2.45, 2.75) is 13.8 Å². The van der Waals surface area contributed by atoms with Crippen LogP contribution in [-0.2, 0) is 0 Å². The highest BCUT2D eigenvalue weighted by Crippen LogP contribution is 2.36. The van der Waals surface area contributed by atoms with Crippen molar-refractivity contribution in [3.8, 4) is 11.4 Å². The van der Waals surface area contributed by atoms with Crippen LogP contribution < -0.4 is 10.5 Å². The van der Waals surface area contributed by atoms with Gasteiger partial charge in [-0.1, -0.05) is 6.07 Å². The van der Waals surface area contributed by atoms with E-state index in [9.17, 15) is 20.0 Å². The maximum absolute atomic E-state index is 11.7. The maximum atomic E-state index is 11.7. The largest absolute Gasteiger partial charge is 0.496 e. The molecule has 9 heteroatoms. The Kier molecular flexibility index (Phi) is 3.99. The number of hydrogen-bond donors (Lipinski definition) is 2. The molecule has 0 atom stereocenters. The highest BCUT2D eigenvalue weighted by Gasteiger charge is 2.26. The molecule has 0 amide bonds. The number of benzene rings is 1. The number of pyridine rings is 1. The second-order valence-electron chi connectivity index (χ2n) is 5.78. The van der Waals surface area contributed by atoms with E-state index >= 15 is 0 Å². The number of anilines is 1. The Hall–Kier alpha value is -3.62. The Bertz CT molecular complexity index is 1070. The molecule has 0 bridgehead atoms. The third-order valence-corrected chi connectivity index (χ3v) is 4.28. The van der Waals surface area contributed by atoms with Gasteiger partial charge in [-0.3, -0.25) is 14.7 Å². The number of nitrogens with two attached hydrogens (primary N) is 1. The number of nitro groups is 1. The lowest BCUT2D eigenvalue weighted by molar-refractivity contribution is -0.385. The maximum Gasteiger partial charge on any atom is 0.340 e. The summed E-state index contributed by atoms with van der Waals surface area (Å²) in [4.78, 5) is 26.3. The van der Waals surface area contributed by atoms with Crippen molar-refractivity contribution < 1.29 is 19.6 Å². The molecule has 134 valence electrons. The van der Waals surface area contributed by atoms with Gasteiger partial charge in [0.05, 0.1) is 17.7 Å². The van der Waals surface area contributed by atoms with Crippen LogP contribution in [0.2, 0.25) is 0 Å². The van der Waals surface area contributed by atoms with Gasteiger partial charge < -0.3 is 15.6 Å². The molecule has 0 unspecified atom stereocenters. The highest BCUT2D eigenvalue weighted by molar-refractivity contribution is 6.09. The van der Waals surface area contributed by atoms with Crippen molar-refractivity contribution in [1.29, 1.82) is 0 Å². The number of carboxylic acid groups (broad SMARTS) is 1. The number of ether oxygens (including phenoxy) is 1. The van der Waals surface area contributed by atoms with Crippen LogP contribution in [0.3, 0.4) is 0 Å². The van der Waals surface area contributed by atoms with Gasteiger partial charge in [-0.25, -0.2) is 9.78 Å². The summed E-state index contributed by atoms with van der Waals surface area (Å²) >= 11 is 0. The summed E-state index contributed by atoms with van der Waals surface area (Å²) in [5.41, 5.74) is 8.02. The predicted molar refractivity (Wildman–Crippen MR) is 95.1 cm³/mol. The fraction of sp³-hybridized carbons (Fsp3) is 0.176. The van der Waals surface area contributed by atoms with Crippen LogP contribution in [0.4, 0.5) is 11.5 Å². The minimum Gasteiger partial charge on any atom is -0.496 e. The summed E-state index contributed by atoms with van der Waals surface area (Å²) in [7, 11) is 1.53. The van der Waals surface area contributed by atoms with E-state index in [4.69, 9.17) is 10.5 Å². The molecule has 1 aromatic carbocycles. The Morgan fingerprint density at radius 1 is 1.38 bits per heavy atom. The molecule has 0 spiro atoms. The lowest BCUT2D eigenvalue weighted by Crippen LogP contribution is -2.08. The molecule has 0 aliphatic carbocycles. The van der Waals surface area contributed by atoms with Gasteiger partial charge in [0.2, 0.25) is 0 Å². The molecular formula is C17H16N4O5. The molecule has 0 saturated carbocycles. The first-order valence-corrected chi connectivity index (χ1v) is 7.60. The van der Waals surface area contributed by atoms with E-state index in [-0.39, 0.29) is 28.1 Å². The molecular weight excluding hydrogens is 340 g/mol. The third-order valence-electron chi connectivity index (χ3n) is 4.28. The Labute approximate surface area is 147 Å². The van der Waals surface area contributed by atoms with Crippen LogP contribution in [0, 0.1) is 24.0 Å². The van der Waals surface area contributed by atoms with Gasteiger partial charge in [0, 0.05) is 17.0 Å². The molecule has 0 aliphatic heterocycles. The molecule has 26 heavy (non-hydrogen) atoms. The van der Waals surface area contributed by atoms with Gasteiger partial charge >= 0.3 is 5.97 Å². The number of aromatic nitrogens is 2. The molecule has 3 N–H and O–H groups in total. The molecule has 0 aliphatic rings. The van der Waals surface area contributed by atoms with Crippen LogP contribution in [-0.4, -0.2) is 32.7 Å². The number of hydrogen-bond acceptors (Lipinski definition) is 6. The van der Waals surface area contributed by atoms with Crippen molar-refractivity contribution in [2.75, 3.05) is 12.8 Å². The SMILES string of the molecule is COc1ccc(C)c(-n2c(N)c(C(=O)O)c3cc([N+](=O)[O-])cnc32)c1C. The average Bonchev–Trinajstić information content (AvgIpc) is 2.87. The van der Waals surface area contributed by atoms with E-state index in [1.54, 1.807) is 6.07 Å². The van der Waals surface area contributed by atoms with E-state index < -0.39 is 10.9 Å². The lowest BCUT2D eigenvalue weighted by Gasteiger charge is -2.16. The topological polar surface area (TPSA) is 134 Å². The van der Waals surface area contributed by atoms with Crippen LogP contribution in [0.5, 0.6) is 5.75 Å². The molecule has 3 aromatic rings. The fourth-order valence-electron chi connectivity index (χ4n) is 3.11. The van der Waals surface area contributed by atoms with Crippen molar-refractivity contribution in [1.82, 2.24) is 9.55 Å². The number of methoxy groups -OCH3 is 1. The first kappa shape index (κ1) is 17.2. The molecule has 0 fully saturated rings. The van der Waals surface area contributed by atoms with E-state index in [0.29, 0.717) is 11.4 Å². The normalized spacial score (nSPS) is 10.9. The van der Waals surface area contributed by atoms with Gasteiger partial charge in [-0.15, -0.1) is 0 Å². The zero-order chi connectivity index (χ0) is 19.2. The Balaban J connectivity index is 2.48.